The van der Waals surface area contributed by atoms with E-state index in [4.69, 9.17) is 10.0 Å². The van der Waals surface area contributed by atoms with Crippen molar-refractivity contribution in [2.24, 2.45) is 0 Å². The fourth-order valence-electron chi connectivity index (χ4n) is 3.74. The molecule has 0 atom stereocenters. The summed E-state index contributed by atoms with van der Waals surface area (Å²) in [5, 5.41) is 8.46. The number of amides is 1. The fourth-order valence-corrected chi connectivity index (χ4v) is 3.74. The van der Waals surface area contributed by atoms with Crippen LogP contribution in [-0.4, -0.2) is 84.0 Å². The lowest BCUT2D eigenvalue weighted by molar-refractivity contribution is -0.0980. The molecule has 1 aliphatic heterocycles. The number of piperazine rings is 1. The SMILES string of the molecule is C=C.C=O.CN1CCN(c2ncc(C(=O)NO)cn2)CC1.Cc1ccc(-c2cccc(CN(C)C(C)C)c2)cc1. The van der Waals surface area contributed by atoms with Gasteiger partial charge in [0.25, 0.3) is 5.91 Å². The Bertz CT molecular complexity index is 1130. The molecule has 1 amide bonds. The van der Waals surface area contributed by atoms with Gasteiger partial charge in [-0.15, -0.1) is 13.2 Å². The number of hydrogen-bond donors (Lipinski definition) is 2. The molecule has 0 saturated carbocycles. The second kappa shape index (κ2) is 18.4. The zero-order chi connectivity index (χ0) is 30.1. The molecular formula is C31H44N6O3. The number of anilines is 1. The summed E-state index contributed by atoms with van der Waals surface area (Å²) in [6.07, 6.45) is 2.82. The molecule has 0 radical (unpaired) electrons. The Hall–Kier alpha value is -3.92. The maximum atomic E-state index is 11.1. The molecule has 216 valence electrons. The van der Waals surface area contributed by atoms with Crippen LogP contribution < -0.4 is 10.4 Å². The van der Waals surface area contributed by atoms with E-state index in [-0.39, 0.29) is 5.56 Å². The summed E-state index contributed by atoms with van der Waals surface area (Å²) in [5.41, 5.74) is 7.05. The molecule has 2 aromatic carbocycles. The van der Waals surface area contributed by atoms with Crippen molar-refractivity contribution >= 4 is 18.6 Å². The first-order valence-electron chi connectivity index (χ1n) is 13.1. The molecule has 2 heterocycles. The van der Waals surface area contributed by atoms with Crippen LogP contribution >= 0.6 is 0 Å². The number of carbonyl (C=O) groups is 2. The van der Waals surface area contributed by atoms with Crippen LogP contribution in [-0.2, 0) is 11.3 Å². The smallest absolute Gasteiger partial charge is 0.277 e. The molecule has 0 bridgehead atoms. The van der Waals surface area contributed by atoms with Gasteiger partial charge in [-0.05, 0) is 57.6 Å². The Labute approximate surface area is 239 Å². The minimum Gasteiger partial charge on any atom is -0.338 e. The number of nitrogens with zero attached hydrogens (tertiary/aromatic N) is 5. The summed E-state index contributed by atoms with van der Waals surface area (Å²) in [5.74, 6) is 0.0162. The number of likely N-dealkylation sites (N-methyl/N-ethyl adjacent to an activating group) is 1. The molecule has 1 fully saturated rings. The second-order valence-electron chi connectivity index (χ2n) is 9.58. The van der Waals surface area contributed by atoms with Crippen molar-refractivity contribution in [1.82, 2.24) is 25.2 Å². The first-order chi connectivity index (χ1) is 19.3. The quantitative estimate of drug-likeness (QED) is 0.264. The van der Waals surface area contributed by atoms with Gasteiger partial charge in [-0.25, -0.2) is 15.4 Å². The largest absolute Gasteiger partial charge is 0.338 e. The molecule has 2 N–H and O–H groups in total. The maximum Gasteiger partial charge on any atom is 0.277 e. The molecule has 9 heteroatoms. The number of benzene rings is 2. The number of nitrogens with one attached hydrogen (secondary N) is 1. The third-order valence-corrected chi connectivity index (χ3v) is 6.41. The number of carbonyl (C=O) groups excluding carboxylic acids is 2. The molecule has 1 saturated heterocycles. The Kier molecular flexibility index (Phi) is 15.7. The molecular weight excluding hydrogens is 504 g/mol. The average molecular weight is 549 g/mol. The normalized spacial score (nSPS) is 12.8. The highest BCUT2D eigenvalue weighted by Gasteiger charge is 2.16. The third kappa shape index (κ3) is 11.1. The van der Waals surface area contributed by atoms with Crippen molar-refractivity contribution in [2.45, 2.75) is 33.4 Å². The van der Waals surface area contributed by atoms with Crippen molar-refractivity contribution in [2.75, 3.05) is 45.2 Å². The van der Waals surface area contributed by atoms with E-state index < -0.39 is 5.91 Å². The summed E-state index contributed by atoms with van der Waals surface area (Å²) in [6, 6.07) is 18.1. The zero-order valence-corrected chi connectivity index (χ0v) is 24.5. The van der Waals surface area contributed by atoms with Crippen LogP contribution in [0.2, 0.25) is 0 Å². The van der Waals surface area contributed by atoms with Gasteiger partial charge < -0.3 is 14.6 Å². The molecule has 0 unspecified atom stereocenters. The molecule has 3 aromatic rings. The minimum absolute atomic E-state index is 0.241. The van der Waals surface area contributed by atoms with Crippen LogP contribution in [0.25, 0.3) is 11.1 Å². The first-order valence-corrected chi connectivity index (χ1v) is 13.1. The van der Waals surface area contributed by atoms with E-state index in [1.165, 1.54) is 34.6 Å². The van der Waals surface area contributed by atoms with Gasteiger partial charge in [0.15, 0.2) is 0 Å². The predicted molar refractivity (Wildman–Crippen MR) is 163 cm³/mol. The number of aryl methyl sites for hydroxylation is 1. The van der Waals surface area contributed by atoms with Crippen LogP contribution in [0.5, 0.6) is 0 Å². The standard InChI is InChI=1S/C18H23N.C10H15N5O2.C2H4.CH2O/c1-14(2)19(4)13-16-6-5-7-18(12-16)17-10-8-15(3)9-11-17;1-14-2-4-15(5-3-14)10-11-6-8(7-12-10)9(16)13-17;2*1-2/h5-12,14H,13H2,1-4H3;6-7,17H,2-5H2,1H3,(H,13,16);1-2H2;1H2. The van der Waals surface area contributed by atoms with Gasteiger partial charge in [0.05, 0.1) is 5.56 Å². The van der Waals surface area contributed by atoms with Crippen molar-refractivity contribution in [1.29, 1.82) is 0 Å². The van der Waals surface area contributed by atoms with Crippen LogP contribution in [0.15, 0.2) is 74.1 Å². The zero-order valence-electron chi connectivity index (χ0n) is 24.5. The van der Waals surface area contributed by atoms with E-state index in [1.807, 2.05) is 6.79 Å². The van der Waals surface area contributed by atoms with E-state index in [2.05, 4.69) is 121 Å². The highest BCUT2D eigenvalue weighted by Crippen LogP contribution is 2.21. The summed E-state index contributed by atoms with van der Waals surface area (Å²) >= 11 is 0. The highest BCUT2D eigenvalue weighted by molar-refractivity contribution is 5.92. The molecule has 1 aliphatic rings. The minimum atomic E-state index is -0.602. The van der Waals surface area contributed by atoms with E-state index in [0.717, 1.165) is 32.7 Å². The third-order valence-electron chi connectivity index (χ3n) is 6.41. The van der Waals surface area contributed by atoms with Crippen molar-refractivity contribution in [3.8, 4) is 11.1 Å². The lowest BCUT2D eigenvalue weighted by Crippen LogP contribution is -2.45. The van der Waals surface area contributed by atoms with Crippen LogP contribution in [0.4, 0.5) is 5.95 Å². The van der Waals surface area contributed by atoms with Gasteiger partial charge >= 0.3 is 0 Å². The number of aromatic nitrogens is 2. The van der Waals surface area contributed by atoms with Crippen molar-refractivity contribution < 1.29 is 14.8 Å². The molecule has 4 rings (SSSR count). The number of hydroxylamine groups is 1. The molecule has 0 aliphatic carbocycles. The van der Waals surface area contributed by atoms with Gasteiger partial charge in [-0.3, -0.25) is 14.9 Å². The molecule has 9 nitrogen and oxygen atoms in total. The average Bonchev–Trinajstić information content (AvgIpc) is 3.00. The van der Waals surface area contributed by atoms with Crippen LogP contribution in [0.1, 0.15) is 35.3 Å². The number of rotatable bonds is 6. The van der Waals surface area contributed by atoms with E-state index in [0.29, 0.717) is 12.0 Å². The topological polar surface area (TPSA) is 102 Å². The predicted octanol–water partition coefficient (Wildman–Crippen LogP) is 4.47. The monoisotopic (exact) mass is 548 g/mol. The van der Waals surface area contributed by atoms with Crippen molar-refractivity contribution in [3.05, 3.63) is 90.8 Å². The van der Waals surface area contributed by atoms with E-state index in [1.54, 1.807) is 5.48 Å². The number of hydrogen-bond acceptors (Lipinski definition) is 8. The van der Waals surface area contributed by atoms with Gasteiger partial charge in [-0.2, -0.15) is 0 Å². The van der Waals surface area contributed by atoms with Gasteiger partial charge in [0, 0.05) is 51.2 Å². The first kappa shape index (κ1) is 34.1. The Morgan fingerprint density at radius 3 is 2.10 bits per heavy atom. The van der Waals surface area contributed by atoms with Crippen LogP contribution in [0.3, 0.4) is 0 Å². The maximum absolute atomic E-state index is 11.1. The Morgan fingerprint density at radius 1 is 1.00 bits per heavy atom. The lowest BCUT2D eigenvalue weighted by atomic mass is 10.0. The van der Waals surface area contributed by atoms with E-state index in [9.17, 15) is 4.79 Å². The van der Waals surface area contributed by atoms with Gasteiger partial charge in [0.1, 0.15) is 6.79 Å². The second-order valence-corrected chi connectivity index (χ2v) is 9.58. The Balaban J connectivity index is 0.000000358. The summed E-state index contributed by atoms with van der Waals surface area (Å²) in [6.45, 7) is 19.3. The van der Waals surface area contributed by atoms with Crippen molar-refractivity contribution in [3.63, 3.8) is 0 Å². The van der Waals surface area contributed by atoms with Gasteiger partial charge in [0.2, 0.25) is 5.95 Å². The van der Waals surface area contributed by atoms with Crippen LogP contribution in [0, 0.1) is 6.92 Å². The summed E-state index contributed by atoms with van der Waals surface area (Å²) < 4.78 is 0. The highest BCUT2D eigenvalue weighted by atomic mass is 16.5. The van der Waals surface area contributed by atoms with Gasteiger partial charge in [-0.1, -0.05) is 48.0 Å². The molecule has 0 spiro atoms. The lowest BCUT2D eigenvalue weighted by Gasteiger charge is -2.32. The molecule has 40 heavy (non-hydrogen) atoms. The van der Waals surface area contributed by atoms with E-state index >= 15 is 0 Å². The summed E-state index contributed by atoms with van der Waals surface area (Å²) in [7, 11) is 4.25. The Morgan fingerprint density at radius 2 is 1.57 bits per heavy atom. The molecule has 1 aromatic heterocycles. The summed E-state index contributed by atoms with van der Waals surface area (Å²) in [4.78, 5) is 34.0. The fraction of sp³-hybridized carbons (Fsp3) is 0.355.